The average molecular weight is 228 g/mol. The molecule has 1 aliphatic rings. The maximum Gasteiger partial charge on any atom is 0.410 e. The van der Waals surface area contributed by atoms with Gasteiger partial charge in [-0.15, -0.1) is 0 Å². The van der Waals surface area contributed by atoms with Crippen molar-refractivity contribution in [1.29, 1.82) is 0 Å². The van der Waals surface area contributed by atoms with Crippen LogP contribution in [0.4, 0.5) is 4.79 Å². The minimum absolute atomic E-state index is 0.364. The van der Waals surface area contributed by atoms with Gasteiger partial charge < -0.3 is 14.7 Å². The fraction of sp³-hybridized carbons (Fsp3) is 0.727. The number of aliphatic carboxylic acids is 1. The summed E-state index contributed by atoms with van der Waals surface area (Å²) in [7, 11) is 0. The van der Waals surface area contributed by atoms with Crippen LogP contribution in [-0.4, -0.2) is 40.8 Å². The molecule has 1 fully saturated rings. The Morgan fingerprint density at radius 1 is 1.25 bits per heavy atom. The van der Waals surface area contributed by atoms with E-state index < -0.39 is 11.6 Å². The van der Waals surface area contributed by atoms with Crippen molar-refractivity contribution in [3.8, 4) is 0 Å². The summed E-state index contributed by atoms with van der Waals surface area (Å²) in [6.07, 6.45) is 0.486. The van der Waals surface area contributed by atoms with Crippen LogP contribution >= 0.6 is 0 Å². The van der Waals surface area contributed by atoms with E-state index in [2.05, 4.69) is 0 Å². The molecule has 0 aromatic rings. The van der Waals surface area contributed by atoms with Gasteiger partial charge in [0, 0.05) is 13.1 Å². The van der Waals surface area contributed by atoms with E-state index in [1.165, 1.54) is 0 Å². The lowest BCUT2D eigenvalue weighted by Gasteiger charge is -2.31. The third kappa shape index (κ3) is 3.72. The quantitative estimate of drug-likeness (QED) is 0.741. The molecule has 1 saturated heterocycles. The molecular weight excluding hydrogens is 210 g/mol. The zero-order valence-electron chi connectivity index (χ0n) is 9.95. The van der Waals surface area contributed by atoms with E-state index in [4.69, 9.17) is 9.84 Å². The van der Waals surface area contributed by atoms with Crippen molar-refractivity contribution < 1.29 is 19.4 Å². The second kappa shape index (κ2) is 4.72. The molecular formula is C11H18NO4. The zero-order valence-corrected chi connectivity index (χ0v) is 9.95. The van der Waals surface area contributed by atoms with E-state index in [1.807, 2.05) is 20.8 Å². The normalized spacial score (nSPS) is 18.3. The molecule has 0 atom stereocenters. The number of ether oxygens (including phenoxy) is 1. The van der Waals surface area contributed by atoms with Crippen LogP contribution in [0.1, 0.15) is 33.6 Å². The van der Waals surface area contributed by atoms with E-state index in [1.54, 1.807) is 4.90 Å². The second-order valence-electron chi connectivity index (χ2n) is 4.88. The molecule has 0 spiro atoms. The Kier molecular flexibility index (Phi) is 3.78. The monoisotopic (exact) mass is 228 g/mol. The van der Waals surface area contributed by atoms with Gasteiger partial charge in [0.05, 0.1) is 5.92 Å². The van der Waals surface area contributed by atoms with Gasteiger partial charge in [-0.3, -0.25) is 4.79 Å². The fourth-order valence-electron chi connectivity index (χ4n) is 1.50. The number of carboxylic acids is 1. The molecule has 0 saturated carbocycles. The minimum atomic E-state index is -0.858. The summed E-state index contributed by atoms with van der Waals surface area (Å²) in [6, 6.07) is 0. The van der Waals surface area contributed by atoms with Gasteiger partial charge in [-0.05, 0) is 33.6 Å². The first-order chi connectivity index (χ1) is 7.29. The molecule has 0 unspecified atom stereocenters. The van der Waals surface area contributed by atoms with E-state index in [-0.39, 0.29) is 6.09 Å². The van der Waals surface area contributed by atoms with Crippen molar-refractivity contribution in [2.45, 2.75) is 39.2 Å². The minimum Gasteiger partial charge on any atom is -0.481 e. The highest BCUT2D eigenvalue weighted by atomic mass is 16.6. The Hall–Kier alpha value is -1.26. The summed E-state index contributed by atoms with van der Waals surface area (Å²) in [4.78, 5) is 23.9. The highest BCUT2D eigenvalue weighted by Crippen LogP contribution is 2.21. The summed E-state index contributed by atoms with van der Waals surface area (Å²) < 4.78 is 5.20. The number of likely N-dealkylation sites (tertiary alicyclic amines) is 1. The van der Waals surface area contributed by atoms with E-state index >= 15 is 0 Å². The third-order valence-corrected chi connectivity index (χ3v) is 2.32. The largest absolute Gasteiger partial charge is 0.481 e. The van der Waals surface area contributed by atoms with Gasteiger partial charge in [-0.2, -0.15) is 0 Å². The number of carbonyl (C=O) groups is 2. The maximum atomic E-state index is 11.6. The Morgan fingerprint density at radius 3 is 2.12 bits per heavy atom. The van der Waals surface area contributed by atoms with E-state index in [9.17, 15) is 9.59 Å². The SMILES string of the molecule is CC(C)(C)OC(=O)N1CC[C](C(=O)O)CC1. The highest BCUT2D eigenvalue weighted by molar-refractivity contribution is 5.83. The molecule has 91 valence electrons. The van der Waals surface area contributed by atoms with Crippen LogP contribution in [0.25, 0.3) is 0 Å². The van der Waals surface area contributed by atoms with Crippen LogP contribution in [0.2, 0.25) is 0 Å². The molecule has 1 N–H and O–H groups in total. The number of hydrogen-bond acceptors (Lipinski definition) is 3. The van der Waals surface area contributed by atoms with Gasteiger partial charge >= 0.3 is 12.1 Å². The van der Waals surface area contributed by atoms with Crippen molar-refractivity contribution >= 4 is 12.1 Å². The van der Waals surface area contributed by atoms with Crippen LogP contribution in [0.15, 0.2) is 0 Å². The zero-order chi connectivity index (χ0) is 12.3. The molecule has 1 aliphatic heterocycles. The lowest BCUT2D eigenvalue weighted by molar-refractivity contribution is -0.135. The number of rotatable bonds is 1. The maximum absolute atomic E-state index is 11.6. The summed E-state index contributed by atoms with van der Waals surface area (Å²) in [5.41, 5.74) is -0.506. The summed E-state index contributed by atoms with van der Waals surface area (Å²) in [5, 5.41) is 8.78. The molecule has 1 radical (unpaired) electrons. The Morgan fingerprint density at radius 2 is 1.75 bits per heavy atom. The number of carboxylic acid groups (broad SMARTS) is 1. The predicted octanol–water partition coefficient (Wildman–Crippen LogP) is 1.68. The number of hydrogen-bond donors (Lipinski definition) is 1. The van der Waals surface area contributed by atoms with Gasteiger partial charge in [0.15, 0.2) is 0 Å². The lowest BCUT2D eigenvalue weighted by Crippen LogP contribution is -2.42. The van der Waals surface area contributed by atoms with Crippen LogP contribution in [0.3, 0.4) is 0 Å². The van der Waals surface area contributed by atoms with Crippen LogP contribution in [0, 0.1) is 5.92 Å². The summed E-state index contributed by atoms with van der Waals surface area (Å²) in [6.45, 7) is 6.28. The van der Waals surface area contributed by atoms with E-state index in [0.29, 0.717) is 31.8 Å². The van der Waals surface area contributed by atoms with Gasteiger partial charge in [-0.1, -0.05) is 0 Å². The molecule has 0 aromatic carbocycles. The first-order valence-corrected chi connectivity index (χ1v) is 5.35. The van der Waals surface area contributed by atoms with Crippen molar-refractivity contribution in [1.82, 2.24) is 4.90 Å². The molecule has 5 nitrogen and oxygen atoms in total. The highest BCUT2D eigenvalue weighted by Gasteiger charge is 2.29. The van der Waals surface area contributed by atoms with Crippen molar-refractivity contribution in [2.24, 2.45) is 0 Å². The molecule has 0 aliphatic carbocycles. The number of nitrogens with zero attached hydrogens (tertiary/aromatic N) is 1. The third-order valence-electron chi connectivity index (χ3n) is 2.32. The van der Waals surface area contributed by atoms with E-state index in [0.717, 1.165) is 0 Å². The summed E-state index contributed by atoms with van der Waals surface area (Å²) in [5.74, 6) is -0.372. The second-order valence-corrected chi connectivity index (χ2v) is 4.88. The van der Waals surface area contributed by atoms with Crippen LogP contribution in [-0.2, 0) is 9.53 Å². The molecule has 1 amide bonds. The lowest BCUT2D eigenvalue weighted by atomic mass is 9.97. The fourth-order valence-corrected chi connectivity index (χ4v) is 1.50. The molecule has 16 heavy (non-hydrogen) atoms. The van der Waals surface area contributed by atoms with Crippen LogP contribution in [0.5, 0.6) is 0 Å². The van der Waals surface area contributed by atoms with Crippen molar-refractivity contribution in [3.63, 3.8) is 0 Å². The van der Waals surface area contributed by atoms with Crippen LogP contribution < -0.4 is 0 Å². The van der Waals surface area contributed by atoms with Crippen molar-refractivity contribution in [3.05, 3.63) is 5.92 Å². The smallest absolute Gasteiger partial charge is 0.410 e. The number of carbonyl (C=O) groups excluding carboxylic acids is 1. The summed E-state index contributed by atoms with van der Waals surface area (Å²) >= 11 is 0. The molecule has 0 aromatic heterocycles. The Labute approximate surface area is 95.4 Å². The van der Waals surface area contributed by atoms with Gasteiger partial charge in [0.2, 0.25) is 0 Å². The standard InChI is InChI=1S/C11H18NO4/c1-11(2,3)16-10(15)12-6-4-8(5-7-12)9(13)14/h4-7H2,1-3H3,(H,13,14). The average Bonchev–Trinajstić information content (AvgIpc) is 2.15. The van der Waals surface area contributed by atoms with Gasteiger partial charge in [0.1, 0.15) is 5.60 Å². The van der Waals surface area contributed by atoms with Crippen molar-refractivity contribution in [2.75, 3.05) is 13.1 Å². The first-order valence-electron chi connectivity index (χ1n) is 5.35. The number of amides is 1. The molecule has 1 heterocycles. The molecule has 5 heteroatoms. The molecule has 0 bridgehead atoms. The Balaban J connectivity index is 2.42. The molecule has 1 rings (SSSR count). The topological polar surface area (TPSA) is 66.8 Å². The van der Waals surface area contributed by atoms with Gasteiger partial charge in [0.25, 0.3) is 0 Å². The number of piperidine rings is 1. The first kappa shape index (κ1) is 12.8. The van der Waals surface area contributed by atoms with Gasteiger partial charge in [-0.25, -0.2) is 4.79 Å². The Bertz CT molecular complexity index is 274. The predicted molar refractivity (Wildman–Crippen MR) is 57.9 cm³/mol.